The highest BCUT2D eigenvalue weighted by Crippen LogP contribution is 2.33. The highest BCUT2D eigenvalue weighted by atomic mass is 32.1. The Morgan fingerprint density at radius 2 is 2.12 bits per heavy atom. The van der Waals surface area contributed by atoms with Crippen LogP contribution in [0, 0.1) is 0 Å². The van der Waals surface area contributed by atoms with Crippen molar-refractivity contribution in [3.8, 4) is 0 Å². The Morgan fingerprint density at radius 3 is 2.69 bits per heavy atom. The molecule has 1 fully saturated rings. The van der Waals surface area contributed by atoms with Gasteiger partial charge in [0.15, 0.2) is 0 Å². The van der Waals surface area contributed by atoms with Crippen molar-refractivity contribution >= 4 is 22.9 Å². The summed E-state index contributed by atoms with van der Waals surface area (Å²) in [4.78, 5) is 2.95. The standard InChI is InChI=1S/C13H18N2S/c1-2-9-15(10-7-8-10)12-6-4-3-5-11(12)13(14)16/h3-6,10H,2,7-9H2,1H3,(H2,14,16). The predicted molar refractivity (Wildman–Crippen MR) is 73.0 cm³/mol. The summed E-state index contributed by atoms with van der Waals surface area (Å²) in [6, 6.07) is 8.90. The molecule has 0 aromatic heterocycles. The fourth-order valence-electron chi connectivity index (χ4n) is 2.06. The fraction of sp³-hybridized carbons (Fsp3) is 0.462. The van der Waals surface area contributed by atoms with Gasteiger partial charge in [0, 0.05) is 23.8 Å². The van der Waals surface area contributed by atoms with Crippen LogP contribution in [-0.4, -0.2) is 17.6 Å². The number of anilines is 1. The van der Waals surface area contributed by atoms with Gasteiger partial charge < -0.3 is 10.6 Å². The van der Waals surface area contributed by atoms with E-state index in [0.717, 1.165) is 18.5 Å². The molecule has 0 radical (unpaired) electrons. The van der Waals surface area contributed by atoms with Crippen molar-refractivity contribution in [2.24, 2.45) is 5.73 Å². The van der Waals surface area contributed by atoms with Crippen molar-refractivity contribution in [2.75, 3.05) is 11.4 Å². The molecule has 86 valence electrons. The lowest BCUT2D eigenvalue weighted by molar-refractivity contribution is 0.762. The predicted octanol–water partition coefficient (Wildman–Crippen LogP) is 2.70. The second-order valence-corrected chi connectivity index (χ2v) is 4.75. The first-order chi connectivity index (χ1) is 7.74. The smallest absolute Gasteiger partial charge is 0.106 e. The van der Waals surface area contributed by atoms with Gasteiger partial charge in [-0.2, -0.15) is 0 Å². The lowest BCUT2D eigenvalue weighted by Gasteiger charge is -2.26. The topological polar surface area (TPSA) is 29.3 Å². The van der Waals surface area contributed by atoms with Gasteiger partial charge in [-0.05, 0) is 31.4 Å². The third kappa shape index (κ3) is 2.35. The molecule has 2 nitrogen and oxygen atoms in total. The Labute approximate surface area is 102 Å². The van der Waals surface area contributed by atoms with Crippen LogP contribution in [0.2, 0.25) is 0 Å². The Hall–Kier alpha value is -1.09. The monoisotopic (exact) mass is 234 g/mol. The van der Waals surface area contributed by atoms with Gasteiger partial charge in [-0.15, -0.1) is 0 Å². The Morgan fingerprint density at radius 1 is 1.44 bits per heavy atom. The van der Waals surface area contributed by atoms with Gasteiger partial charge in [-0.25, -0.2) is 0 Å². The van der Waals surface area contributed by atoms with E-state index in [1.807, 2.05) is 12.1 Å². The lowest BCUT2D eigenvalue weighted by Crippen LogP contribution is -2.29. The van der Waals surface area contributed by atoms with E-state index in [-0.39, 0.29) is 0 Å². The minimum absolute atomic E-state index is 0.498. The number of hydrogen-bond acceptors (Lipinski definition) is 2. The van der Waals surface area contributed by atoms with Gasteiger partial charge in [0.25, 0.3) is 0 Å². The van der Waals surface area contributed by atoms with Crippen LogP contribution < -0.4 is 10.6 Å². The average Bonchev–Trinajstić information content (AvgIpc) is 3.10. The highest BCUT2D eigenvalue weighted by molar-refractivity contribution is 7.80. The third-order valence-electron chi connectivity index (χ3n) is 2.93. The van der Waals surface area contributed by atoms with Gasteiger partial charge >= 0.3 is 0 Å². The van der Waals surface area contributed by atoms with Crippen LogP contribution in [0.15, 0.2) is 24.3 Å². The molecule has 16 heavy (non-hydrogen) atoms. The van der Waals surface area contributed by atoms with E-state index in [9.17, 15) is 0 Å². The summed E-state index contributed by atoms with van der Waals surface area (Å²) in [6.45, 7) is 3.29. The summed E-state index contributed by atoms with van der Waals surface area (Å²) < 4.78 is 0. The molecule has 1 aliphatic carbocycles. The first-order valence-corrected chi connectivity index (χ1v) is 6.30. The summed E-state index contributed by atoms with van der Waals surface area (Å²) in [5.41, 5.74) is 7.99. The minimum atomic E-state index is 0.498. The molecule has 2 rings (SSSR count). The van der Waals surface area contributed by atoms with Gasteiger partial charge in [-0.1, -0.05) is 31.3 Å². The van der Waals surface area contributed by atoms with Crippen molar-refractivity contribution in [1.29, 1.82) is 0 Å². The molecule has 0 unspecified atom stereocenters. The third-order valence-corrected chi connectivity index (χ3v) is 3.15. The van der Waals surface area contributed by atoms with E-state index < -0.39 is 0 Å². The van der Waals surface area contributed by atoms with Gasteiger partial charge in [0.05, 0.1) is 0 Å². The van der Waals surface area contributed by atoms with E-state index in [1.54, 1.807) is 0 Å². The molecule has 3 heteroatoms. The number of thiocarbonyl (C=S) groups is 1. The largest absolute Gasteiger partial charge is 0.389 e. The van der Waals surface area contributed by atoms with Crippen LogP contribution in [0.4, 0.5) is 5.69 Å². The van der Waals surface area contributed by atoms with Gasteiger partial charge in [0.1, 0.15) is 4.99 Å². The number of benzene rings is 1. The van der Waals surface area contributed by atoms with Crippen LogP contribution in [0.25, 0.3) is 0 Å². The molecule has 0 bridgehead atoms. The minimum Gasteiger partial charge on any atom is -0.389 e. The zero-order valence-corrected chi connectivity index (χ0v) is 10.5. The van der Waals surface area contributed by atoms with Gasteiger partial charge in [0.2, 0.25) is 0 Å². The Balaban J connectivity index is 2.32. The molecule has 0 spiro atoms. The Kier molecular flexibility index (Phi) is 3.44. The zero-order chi connectivity index (χ0) is 11.5. The van der Waals surface area contributed by atoms with E-state index >= 15 is 0 Å². The number of rotatable bonds is 5. The van der Waals surface area contributed by atoms with Crippen LogP contribution in [0.3, 0.4) is 0 Å². The van der Waals surface area contributed by atoms with Crippen LogP contribution in [0.1, 0.15) is 31.7 Å². The molecule has 0 heterocycles. The molecule has 1 aromatic carbocycles. The summed E-state index contributed by atoms with van der Waals surface area (Å²) in [6.07, 6.45) is 3.75. The summed E-state index contributed by atoms with van der Waals surface area (Å²) in [5.74, 6) is 0. The highest BCUT2D eigenvalue weighted by Gasteiger charge is 2.29. The van der Waals surface area contributed by atoms with E-state index in [4.69, 9.17) is 18.0 Å². The lowest BCUT2D eigenvalue weighted by atomic mass is 10.1. The number of para-hydroxylation sites is 1. The van der Waals surface area contributed by atoms with Crippen molar-refractivity contribution in [3.63, 3.8) is 0 Å². The van der Waals surface area contributed by atoms with E-state index in [1.165, 1.54) is 18.5 Å². The summed E-state index contributed by atoms with van der Waals surface area (Å²) in [7, 11) is 0. The quantitative estimate of drug-likeness (QED) is 0.794. The van der Waals surface area contributed by atoms with Crippen molar-refractivity contribution in [2.45, 2.75) is 32.2 Å². The van der Waals surface area contributed by atoms with Crippen LogP contribution in [0.5, 0.6) is 0 Å². The maximum Gasteiger partial charge on any atom is 0.106 e. The number of nitrogens with two attached hydrogens (primary N) is 1. The summed E-state index contributed by atoms with van der Waals surface area (Å²) in [5, 5.41) is 0. The van der Waals surface area contributed by atoms with Crippen molar-refractivity contribution < 1.29 is 0 Å². The average molecular weight is 234 g/mol. The molecular weight excluding hydrogens is 216 g/mol. The molecule has 1 saturated carbocycles. The molecule has 0 amide bonds. The maximum atomic E-state index is 5.77. The molecule has 1 aromatic rings. The molecule has 0 saturated heterocycles. The first kappa shape index (κ1) is 11.4. The molecule has 1 aliphatic rings. The maximum absolute atomic E-state index is 5.77. The molecular formula is C13H18N2S. The number of nitrogens with zero attached hydrogens (tertiary/aromatic N) is 1. The first-order valence-electron chi connectivity index (χ1n) is 5.89. The molecule has 2 N–H and O–H groups in total. The second kappa shape index (κ2) is 4.83. The fourth-order valence-corrected chi connectivity index (χ4v) is 2.23. The van der Waals surface area contributed by atoms with Crippen molar-refractivity contribution in [1.82, 2.24) is 0 Å². The normalized spacial score (nSPS) is 14.8. The van der Waals surface area contributed by atoms with Crippen molar-refractivity contribution in [3.05, 3.63) is 29.8 Å². The molecule has 0 atom stereocenters. The van der Waals surface area contributed by atoms with Crippen LogP contribution >= 0.6 is 12.2 Å². The van der Waals surface area contributed by atoms with Gasteiger partial charge in [-0.3, -0.25) is 0 Å². The second-order valence-electron chi connectivity index (χ2n) is 4.31. The Bertz CT molecular complexity index is 385. The zero-order valence-electron chi connectivity index (χ0n) is 9.65. The number of hydrogen-bond donors (Lipinski definition) is 1. The molecule has 0 aliphatic heterocycles. The SMILES string of the molecule is CCCN(c1ccccc1C(N)=S)C1CC1. The van der Waals surface area contributed by atoms with E-state index in [2.05, 4.69) is 24.0 Å². The van der Waals surface area contributed by atoms with Crippen LogP contribution in [-0.2, 0) is 0 Å². The van der Waals surface area contributed by atoms with E-state index in [0.29, 0.717) is 11.0 Å². The summed E-state index contributed by atoms with van der Waals surface area (Å²) >= 11 is 5.11.